The Morgan fingerprint density at radius 2 is 1.86 bits per heavy atom. The van der Waals surface area contributed by atoms with Gasteiger partial charge in [-0.1, -0.05) is 24.3 Å². The van der Waals surface area contributed by atoms with Gasteiger partial charge in [-0.2, -0.15) is 10.1 Å². The molecular weight excluding hydrogens is 466 g/mol. The van der Waals surface area contributed by atoms with Gasteiger partial charge in [-0.25, -0.2) is 12.9 Å². The quantitative estimate of drug-likeness (QED) is 0.401. The highest BCUT2D eigenvalue weighted by molar-refractivity contribution is 7.91. The molecule has 0 radical (unpaired) electrons. The maximum Gasteiger partial charge on any atom is 0.247 e. The minimum absolute atomic E-state index is 0.233. The average Bonchev–Trinajstić information content (AvgIpc) is 3.40. The summed E-state index contributed by atoms with van der Waals surface area (Å²) in [6, 6.07) is 12.2. The summed E-state index contributed by atoms with van der Waals surface area (Å²) >= 11 is 0. The molecule has 0 spiro atoms. The highest BCUT2D eigenvalue weighted by Gasteiger charge is 2.21. The number of aromatic nitrogens is 5. The molecule has 0 bridgehead atoms. The molecule has 3 aromatic heterocycles. The number of hydrogen-bond donors (Lipinski definition) is 2. The second kappa shape index (κ2) is 9.06. The van der Waals surface area contributed by atoms with Gasteiger partial charge in [0.25, 0.3) is 0 Å². The van der Waals surface area contributed by atoms with Gasteiger partial charge in [-0.15, -0.1) is 5.10 Å². The third-order valence-electron chi connectivity index (χ3n) is 5.91. The molecule has 1 aromatic carbocycles. The fourth-order valence-corrected chi connectivity index (χ4v) is 5.46. The molecule has 1 saturated heterocycles. The Morgan fingerprint density at radius 1 is 1.11 bits per heavy atom. The minimum atomic E-state index is -2.87. The Kier molecular flexibility index (Phi) is 6.07. The number of pyridine rings is 1. The number of rotatable bonds is 7. The third-order valence-corrected chi connectivity index (χ3v) is 7.52. The number of aliphatic hydroxyl groups is 1. The molecular formula is C24H29N7O3S. The number of benzene rings is 1. The first-order valence-electron chi connectivity index (χ1n) is 11.5. The van der Waals surface area contributed by atoms with Gasteiger partial charge in [0.2, 0.25) is 5.95 Å². The zero-order valence-electron chi connectivity index (χ0n) is 19.8. The lowest BCUT2D eigenvalue weighted by Gasteiger charge is -2.26. The molecule has 35 heavy (non-hydrogen) atoms. The predicted octanol–water partition coefficient (Wildman–Crippen LogP) is 2.34. The maximum absolute atomic E-state index is 11.7. The molecule has 1 fully saturated rings. The summed E-state index contributed by atoms with van der Waals surface area (Å²) in [7, 11) is -2.87. The summed E-state index contributed by atoms with van der Waals surface area (Å²) in [6.07, 6.45) is 5.34. The highest BCUT2D eigenvalue weighted by Crippen LogP contribution is 2.26. The molecule has 0 unspecified atom stereocenters. The molecule has 4 heterocycles. The summed E-state index contributed by atoms with van der Waals surface area (Å²) in [5, 5.41) is 22.0. The summed E-state index contributed by atoms with van der Waals surface area (Å²) in [5.41, 5.74) is 3.74. The normalized spacial score (nSPS) is 16.5. The Balaban J connectivity index is 1.31. The van der Waals surface area contributed by atoms with Crippen LogP contribution in [0.1, 0.15) is 19.4 Å². The van der Waals surface area contributed by atoms with Crippen LogP contribution >= 0.6 is 0 Å². The van der Waals surface area contributed by atoms with Crippen molar-refractivity contribution in [3.8, 4) is 11.1 Å². The van der Waals surface area contributed by atoms with E-state index >= 15 is 0 Å². The molecule has 11 heteroatoms. The first kappa shape index (κ1) is 23.5. The van der Waals surface area contributed by atoms with Gasteiger partial charge < -0.3 is 10.4 Å². The Labute approximate surface area is 204 Å². The summed E-state index contributed by atoms with van der Waals surface area (Å²) < 4.78 is 26.7. The van der Waals surface area contributed by atoms with Gasteiger partial charge in [0, 0.05) is 37.6 Å². The average molecular weight is 496 g/mol. The Bertz CT molecular complexity index is 1420. The predicted molar refractivity (Wildman–Crippen MR) is 134 cm³/mol. The molecule has 0 aliphatic carbocycles. The highest BCUT2D eigenvalue weighted by atomic mass is 32.2. The van der Waals surface area contributed by atoms with E-state index in [1.807, 2.05) is 18.3 Å². The van der Waals surface area contributed by atoms with E-state index in [1.54, 1.807) is 35.4 Å². The zero-order chi connectivity index (χ0) is 24.6. The lowest BCUT2D eigenvalue weighted by molar-refractivity contribution is 0.0578. The van der Waals surface area contributed by atoms with Crippen LogP contribution in [0, 0.1) is 0 Å². The van der Waals surface area contributed by atoms with Crippen LogP contribution in [0.25, 0.3) is 16.8 Å². The van der Waals surface area contributed by atoms with Crippen molar-refractivity contribution in [2.75, 3.05) is 29.9 Å². The largest absolute Gasteiger partial charge is 0.389 e. The number of hydrogen-bond acceptors (Lipinski definition) is 8. The van der Waals surface area contributed by atoms with Crippen LogP contribution in [0.2, 0.25) is 0 Å². The minimum Gasteiger partial charge on any atom is -0.389 e. The second-order valence-electron chi connectivity index (χ2n) is 9.61. The van der Waals surface area contributed by atoms with Crippen molar-refractivity contribution < 1.29 is 13.5 Å². The van der Waals surface area contributed by atoms with E-state index in [0.717, 1.165) is 34.6 Å². The molecule has 4 aromatic rings. The van der Waals surface area contributed by atoms with Crippen LogP contribution in [0.5, 0.6) is 0 Å². The molecule has 5 rings (SSSR count). The number of nitrogens with one attached hydrogen (secondary N) is 1. The van der Waals surface area contributed by atoms with Crippen molar-refractivity contribution in [1.82, 2.24) is 29.3 Å². The summed E-state index contributed by atoms with van der Waals surface area (Å²) in [4.78, 5) is 6.86. The molecule has 1 aliphatic rings. The standard InChI is InChI=1S/C24H29N7O3S/c1-24(2,32)17-30-16-20(14-25-30)26-23-27-22-21(4-3-9-31(22)28-23)19-7-5-18(6-8-19)15-29-10-12-35(33,34)13-11-29/h3-9,14,16,32H,10-13,15,17H2,1-2H3,(H,26,28). The van der Waals surface area contributed by atoms with Crippen molar-refractivity contribution in [3.63, 3.8) is 0 Å². The fourth-order valence-electron chi connectivity index (χ4n) is 4.18. The molecule has 1 aliphatic heterocycles. The van der Waals surface area contributed by atoms with Crippen LogP contribution in [0.3, 0.4) is 0 Å². The maximum atomic E-state index is 11.7. The van der Waals surface area contributed by atoms with Crippen LogP contribution in [0.4, 0.5) is 11.6 Å². The van der Waals surface area contributed by atoms with E-state index < -0.39 is 15.4 Å². The molecule has 2 N–H and O–H groups in total. The smallest absolute Gasteiger partial charge is 0.247 e. The zero-order valence-corrected chi connectivity index (χ0v) is 20.6. The number of sulfone groups is 1. The van der Waals surface area contributed by atoms with Crippen molar-refractivity contribution in [1.29, 1.82) is 0 Å². The van der Waals surface area contributed by atoms with E-state index in [1.165, 1.54) is 0 Å². The van der Waals surface area contributed by atoms with Gasteiger partial charge in [0.1, 0.15) is 0 Å². The van der Waals surface area contributed by atoms with Crippen LogP contribution < -0.4 is 5.32 Å². The van der Waals surface area contributed by atoms with Gasteiger partial charge in [0.15, 0.2) is 15.5 Å². The van der Waals surface area contributed by atoms with Crippen LogP contribution in [-0.4, -0.2) is 73.0 Å². The summed E-state index contributed by atoms with van der Waals surface area (Å²) in [6.45, 7) is 5.75. The van der Waals surface area contributed by atoms with Gasteiger partial charge in [-0.3, -0.25) is 9.58 Å². The molecule has 10 nitrogen and oxygen atoms in total. The second-order valence-corrected chi connectivity index (χ2v) is 11.9. The van der Waals surface area contributed by atoms with E-state index in [4.69, 9.17) is 0 Å². The fraction of sp³-hybridized carbons (Fsp3) is 0.375. The Morgan fingerprint density at radius 3 is 2.57 bits per heavy atom. The molecule has 0 saturated carbocycles. The topological polar surface area (TPSA) is 118 Å². The number of nitrogens with zero attached hydrogens (tertiary/aromatic N) is 6. The molecule has 184 valence electrons. The lowest BCUT2D eigenvalue weighted by atomic mass is 10.0. The van der Waals surface area contributed by atoms with Crippen molar-refractivity contribution in [2.45, 2.75) is 32.5 Å². The monoisotopic (exact) mass is 495 g/mol. The number of anilines is 2. The van der Waals surface area contributed by atoms with Gasteiger partial charge in [0.05, 0.1) is 35.5 Å². The first-order valence-corrected chi connectivity index (χ1v) is 13.4. The Hall–Kier alpha value is -3.28. The summed E-state index contributed by atoms with van der Waals surface area (Å²) in [5.74, 6) is 0.921. The first-order chi connectivity index (χ1) is 16.6. The van der Waals surface area contributed by atoms with Crippen molar-refractivity contribution in [3.05, 3.63) is 60.6 Å². The van der Waals surface area contributed by atoms with Gasteiger partial charge in [-0.05, 0) is 37.1 Å². The lowest BCUT2D eigenvalue weighted by Crippen LogP contribution is -2.39. The van der Waals surface area contributed by atoms with Crippen LogP contribution in [0.15, 0.2) is 55.0 Å². The van der Waals surface area contributed by atoms with E-state index in [2.05, 4.69) is 49.7 Å². The van der Waals surface area contributed by atoms with E-state index in [0.29, 0.717) is 25.6 Å². The van der Waals surface area contributed by atoms with Gasteiger partial charge >= 0.3 is 0 Å². The van der Waals surface area contributed by atoms with E-state index in [-0.39, 0.29) is 11.5 Å². The number of fused-ring (bicyclic) bond motifs is 1. The van der Waals surface area contributed by atoms with Crippen LogP contribution in [-0.2, 0) is 22.9 Å². The third kappa shape index (κ3) is 5.69. The van der Waals surface area contributed by atoms with Crippen molar-refractivity contribution >= 4 is 27.1 Å². The van der Waals surface area contributed by atoms with Crippen molar-refractivity contribution in [2.24, 2.45) is 0 Å². The SMILES string of the molecule is CC(C)(O)Cn1cc(Nc2nc3c(-c4ccc(CN5CCS(=O)(=O)CC5)cc4)cccn3n2)cn1. The van der Waals surface area contributed by atoms with E-state index in [9.17, 15) is 13.5 Å². The molecule has 0 atom stereocenters. The molecule has 0 amide bonds.